The zero-order chi connectivity index (χ0) is 25.6. The molecule has 0 bridgehead atoms. The zero-order valence-electron chi connectivity index (χ0n) is 20.1. The highest BCUT2D eigenvalue weighted by molar-refractivity contribution is 5.81. The fourth-order valence-corrected chi connectivity index (χ4v) is 2.62. The Morgan fingerprint density at radius 1 is 0.800 bits per heavy atom. The maximum atomic E-state index is 11.8. The van der Waals surface area contributed by atoms with Crippen LogP contribution < -0.4 is 10.6 Å². The largest absolute Gasteiger partial charge is 0.463 e. The van der Waals surface area contributed by atoms with Crippen LogP contribution in [0.15, 0.2) is 49.6 Å². The van der Waals surface area contributed by atoms with E-state index in [1.807, 2.05) is 24.3 Å². The summed E-state index contributed by atoms with van der Waals surface area (Å²) in [5, 5.41) is 5.37. The van der Waals surface area contributed by atoms with Gasteiger partial charge in [0.05, 0.1) is 26.4 Å². The van der Waals surface area contributed by atoms with E-state index in [9.17, 15) is 14.4 Å². The van der Waals surface area contributed by atoms with Crippen molar-refractivity contribution in [3.63, 3.8) is 0 Å². The molecule has 0 fully saturated rings. The highest BCUT2D eigenvalue weighted by Crippen LogP contribution is 2.06. The average molecular weight is 497 g/mol. The van der Waals surface area contributed by atoms with Gasteiger partial charge in [0.25, 0.3) is 0 Å². The molecular weight excluding hydrogens is 456 g/mol. The van der Waals surface area contributed by atoms with Gasteiger partial charge in [0.1, 0.15) is 6.79 Å². The number of amides is 2. The van der Waals surface area contributed by atoms with Gasteiger partial charge < -0.3 is 34.3 Å². The van der Waals surface area contributed by atoms with Gasteiger partial charge >= 0.3 is 18.2 Å². The molecule has 198 valence electrons. The Morgan fingerprint density at radius 2 is 1.34 bits per heavy atom. The number of hydrogen-bond acceptors (Lipinski definition) is 8. The molecule has 10 heteroatoms. The number of carbonyl (C=O) groups excluding carboxylic acids is 3. The van der Waals surface area contributed by atoms with Crippen LogP contribution in [-0.2, 0) is 41.6 Å². The van der Waals surface area contributed by atoms with Gasteiger partial charge in [-0.05, 0) is 36.8 Å². The number of alkyl carbamates (subject to hydrolysis) is 2. The molecule has 35 heavy (non-hydrogen) atoms. The third-order valence-electron chi connectivity index (χ3n) is 4.37. The molecule has 0 spiro atoms. The van der Waals surface area contributed by atoms with Gasteiger partial charge in [-0.25, -0.2) is 14.4 Å². The molecule has 2 N–H and O–H groups in total. The first kappa shape index (κ1) is 29.7. The van der Waals surface area contributed by atoms with Gasteiger partial charge in [0, 0.05) is 28.6 Å². The summed E-state index contributed by atoms with van der Waals surface area (Å²) in [7, 11) is 0. The summed E-state index contributed by atoms with van der Waals surface area (Å²) in [5.74, 6) is -0.471. The minimum absolute atomic E-state index is 0. The van der Waals surface area contributed by atoms with Crippen molar-refractivity contribution in [1.29, 1.82) is 0 Å². The quantitative estimate of drug-likeness (QED) is 0.0733. The summed E-state index contributed by atoms with van der Waals surface area (Å²) in [6.45, 7) is 9.43. The second-order valence-electron chi connectivity index (χ2n) is 7.27. The number of carbonyl (C=O) groups is 3. The zero-order valence-corrected chi connectivity index (χ0v) is 20.1. The molecule has 10 nitrogen and oxygen atoms in total. The number of unbranched alkanes of at least 4 members (excludes halogenated alkanes) is 2. The Balaban J connectivity index is 0. The summed E-state index contributed by atoms with van der Waals surface area (Å²) in [6, 6.07) is 7.45. The molecule has 0 saturated carbocycles. The first-order valence-electron chi connectivity index (χ1n) is 11.5. The van der Waals surface area contributed by atoms with Crippen LogP contribution >= 0.6 is 0 Å². The van der Waals surface area contributed by atoms with Gasteiger partial charge in [-0.3, -0.25) is 0 Å². The van der Waals surface area contributed by atoms with Crippen LogP contribution in [0.25, 0.3) is 0 Å². The number of hydrogen-bond donors (Lipinski definition) is 2. The van der Waals surface area contributed by atoms with E-state index >= 15 is 0 Å². The summed E-state index contributed by atoms with van der Waals surface area (Å²) < 4.78 is 25.4. The summed E-state index contributed by atoms with van der Waals surface area (Å²) >= 11 is 0. The lowest BCUT2D eigenvalue weighted by atomic mass is 10.1. The van der Waals surface area contributed by atoms with Crippen LogP contribution in [0.5, 0.6) is 0 Å². The molecule has 0 saturated heterocycles. The molecule has 0 aliphatic heterocycles. The van der Waals surface area contributed by atoms with E-state index in [0.717, 1.165) is 23.6 Å². The van der Waals surface area contributed by atoms with Crippen molar-refractivity contribution < 1.29 is 40.9 Å². The molecule has 0 heterocycles. The van der Waals surface area contributed by atoms with Crippen LogP contribution in [0.4, 0.5) is 9.59 Å². The molecule has 0 aliphatic rings. The molecule has 1 rings (SSSR count). The minimum Gasteiger partial charge on any atom is -0.463 e. The van der Waals surface area contributed by atoms with Gasteiger partial charge in [-0.2, -0.15) is 0 Å². The first-order valence-corrected chi connectivity index (χ1v) is 11.5. The van der Waals surface area contributed by atoms with Gasteiger partial charge in [-0.1, -0.05) is 36.9 Å². The normalized spacial score (nSPS) is 10.2. The molecule has 2 amide bonds. The van der Waals surface area contributed by atoms with Crippen molar-refractivity contribution in [2.75, 3.05) is 39.8 Å². The highest BCUT2D eigenvalue weighted by atomic mass is 16.7. The summed E-state index contributed by atoms with van der Waals surface area (Å²) in [5.41, 5.74) is 1.74. The molecule has 0 radical (unpaired) electrons. The Kier molecular flexibility index (Phi) is 17.0. The third kappa shape index (κ3) is 16.8. The van der Waals surface area contributed by atoms with Gasteiger partial charge in [0.2, 0.25) is 0 Å². The van der Waals surface area contributed by atoms with Crippen LogP contribution in [0, 0.1) is 0 Å². The van der Waals surface area contributed by atoms with Crippen molar-refractivity contribution >= 4 is 18.2 Å². The predicted molar refractivity (Wildman–Crippen MR) is 134 cm³/mol. The molecule has 0 unspecified atom stereocenters. The fourth-order valence-electron chi connectivity index (χ4n) is 2.62. The van der Waals surface area contributed by atoms with Gasteiger partial charge in [-0.15, -0.1) is 6.58 Å². The Bertz CT molecular complexity index is 796. The van der Waals surface area contributed by atoms with Crippen molar-refractivity contribution in [2.24, 2.45) is 0 Å². The van der Waals surface area contributed by atoms with E-state index in [1.54, 1.807) is 6.08 Å². The Morgan fingerprint density at radius 3 is 1.89 bits per heavy atom. The summed E-state index contributed by atoms with van der Waals surface area (Å²) in [6.07, 6.45) is 4.34. The maximum Gasteiger partial charge on any atom is 0.407 e. The van der Waals surface area contributed by atoms with E-state index in [2.05, 4.69) is 23.8 Å². The molecule has 1 aromatic rings. The van der Waals surface area contributed by atoms with Crippen LogP contribution in [0.1, 0.15) is 39.7 Å². The standard InChI is InChI=1S/C25H36N2O8.2H2/c1-3-12-31-20-32-13-5-6-15-34-24(29)26-18-21-10-9-11-22(17-21)19-27-25(30)35-16-8-7-14-33-23(28)4-2;;/h3-4,9-11,17H,1-2,5-8,12-16,18-20H2,(H,26,29)(H,27,30);2*1H. The van der Waals surface area contributed by atoms with Crippen molar-refractivity contribution in [3.05, 3.63) is 60.7 Å². The van der Waals surface area contributed by atoms with E-state index in [1.165, 1.54) is 0 Å². The van der Waals surface area contributed by atoms with E-state index in [4.69, 9.17) is 23.7 Å². The number of nitrogens with one attached hydrogen (secondary N) is 2. The number of ether oxygens (including phenoxy) is 5. The second kappa shape index (κ2) is 20.0. The molecule has 0 atom stereocenters. The van der Waals surface area contributed by atoms with E-state index in [0.29, 0.717) is 45.6 Å². The Hall–Kier alpha value is -3.37. The lowest BCUT2D eigenvalue weighted by Gasteiger charge is -2.10. The van der Waals surface area contributed by atoms with Crippen molar-refractivity contribution in [3.8, 4) is 0 Å². The predicted octanol–water partition coefficient (Wildman–Crippen LogP) is 4.10. The molecular formula is C25H40N2O8. The minimum atomic E-state index is -0.533. The third-order valence-corrected chi connectivity index (χ3v) is 4.37. The summed E-state index contributed by atoms with van der Waals surface area (Å²) in [4.78, 5) is 34.6. The molecule has 0 aliphatic carbocycles. The first-order chi connectivity index (χ1) is 17.0. The average Bonchev–Trinajstić information content (AvgIpc) is 2.87. The number of esters is 1. The lowest BCUT2D eigenvalue weighted by Crippen LogP contribution is -2.25. The smallest absolute Gasteiger partial charge is 0.407 e. The van der Waals surface area contributed by atoms with E-state index < -0.39 is 18.2 Å². The molecule has 0 aromatic heterocycles. The topological polar surface area (TPSA) is 121 Å². The van der Waals surface area contributed by atoms with Crippen LogP contribution in [-0.4, -0.2) is 58.0 Å². The second-order valence-corrected chi connectivity index (χ2v) is 7.27. The monoisotopic (exact) mass is 496 g/mol. The lowest BCUT2D eigenvalue weighted by molar-refractivity contribution is -0.137. The number of benzene rings is 1. The number of rotatable bonds is 19. The molecule has 1 aromatic carbocycles. The van der Waals surface area contributed by atoms with Crippen molar-refractivity contribution in [1.82, 2.24) is 10.6 Å². The van der Waals surface area contributed by atoms with Gasteiger partial charge in [0.15, 0.2) is 0 Å². The van der Waals surface area contributed by atoms with Crippen LogP contribution in [0.3, 0.4) is 0 Å². The fraction of sp³-hybridized carbons (Fsp3) is 0.480. The maximum absolute atomic E-state index is 11.8. The Labute approximate surface area is 209 Å². The van der Waals surface area contributed by atoms with Crippen molar-refractivity contribution in [2.45, 2.75) is 38.8 Å². The van der Waals surface area contributed by atoms with Crippen LogP contribution in [0.2, 0.25) is 0 Å². The highest BCUT2D eigenvalue weighted by Gasteiger charge is 2.05. The SMILES string of the molecule is C=CCOCOCCCCOC(=O)NCc1cccc(CNC(=O)OCCCCOC(=O)C=C)c1.[HH].[HH]. The van der Waals surface area contributed by atoms with E-state index in [-0.39, 0.29) is 29.4 Å².